The number of carbonyl (C=O) groups is 1. The molecule has 1 amide bonds. The number of rotatable bonds is 6. The zero-order valence-electron chi connectivity index (χ0n) is 16.7. The lowest BCUT2D eigenvalue weighted by atomic mass is 10.1. The van der Waals surface area contributed by atoms with Gasteiger partial charge in [-0.3, -0.25) is 14.2 Å². The third-order valence-electron chi connectivity index (χ3n) is 4.97. The molecular formula is C20H16ClF6N5O. The molecule has 3 aromatic rings. The molecule has 1 aliphatic carbocycles. The molecule has 0 bridgehead atoms. The second-order valence-electron chi connectivity index (χ2n) is 7.65. The predicted molar refractivity (Wildman–Crippen MR) is 106 cm³/mol. The van der Waals surface area contributed by atoms with Gasteiger partial charge in [-0.25, -0.2) is 0 Å². The van der Waals surface area contributed by atoms with Gasteiger partial charge in [0.2, 0.25) is 5.91 Å². The van der Waals surface area contributed by atoms with Crippen molar-refractivity contribution in [3.05, 3.63) is 64.2 Å². The summed E-state index contributed by atoms with van der Waals surface area (Å²) in [4.78, 5) is 12.4. The second kappa shape index (κ2) is 8.40. The molecule has 1 aromatic carbocycles. The van der Waals surface area contributed by atoms with Gasteiger partial charge in [0.1, 0.15) is 6.54 Å². The van der Waals surface area contributed by atoms with Crippen molar-refractivity contribution in [2.75, 3.05) is 5.32 Å². The fourth-order valence-corrected chi connectivity index (χ4v) is 3.78. The van der Waals surface area contributed by atoms with Gasteiger partial charge in [-0.2, -0.15) is 36.5 Å². The van der Waals surface area contributed by atoms with Crippen molar-refractivity contribution in [1.82, 2.24) is 19.6 Å². The van der Waals surface area contributed by atoms with Crippen LogP contribution in [0, 0.1) is 0 Å². The highest BCUT2D eigenvalue weighted by molar-refractivity contribution is 6.32. The first kappa shape index (κ1) is 23.1. The standard InChI is InChI=1S/C20H16ClF6N5O/c21-16-17(12-4-5-12)32(30-18(16)20(25,26)27)10-15(33)29-14-7-28-31(9-14)8-11-2-1-3-13(6-11)19(22,23)24/h1-3,6-7,9,12H,4-5,8,10H2,(H,29,33). The number of halogens is 7. The summed E-state index contributed by atoms with van der Waals surface area (Å²) >= 11 is 5.89. The van der Waals surface area contributed by atoms with E-state index in [2.05, 4.69) is 15.5 Å². The SMILES string of the molecule is O=C(Cn1nc(C(F)(F)F)c(Cl)c1C1CC1)Nc1cnn(Cc2cccc(C(F)(F)F)c2)c1. The molecule has 1 N–H and O–H groups in total. The fraction of sp³-hybridized carbons (Fsp3) is 0.350. The quantitative estimate of drug-likeness (QED) is 0.474. The van der Waals surface area contributed by atoms with E-state index >= 15 is 0 Å². The minimum Gasteiger partial charge on any atom is -0.322 e. The molecule has 0 saturated heterocycles. The fourth-order valence-electron chi connectivity index (χ4n) is 3.39. The summed E-state index contributed by atoms with van der Waals surface area (Å²) in [5.41, 5.74) is -1.25. The smallest absolute Gasteiger partial charge is 0.322 e. The van der Waals surface area contributed by atoms with E-state index in [0.717, 1.165) is 16.8 Å². The third kappa shape index (κ3) is 5.32. The van der Waals surface area contributed by atoms with E-state index in [1.807, 2.05) is 0 Å². The maximum Gasteiger partial charge on any atom is 0.436 e. The van der Waals surface area contributed by atoms with Gasteiger partial charge in [-0.05, 0) is 30.5 Å². The third-order valence-corrected chi connectivity index (χ3v) is 5.35. The number of alkyl halides is 6. The van der Waals surface area contributed by atoms with Crippen LogP contribution in [-0.4, -0.2) is 25.5 Å². The van der Waals surface area contributed by atoms with Crippen LogP contribution >= 0.6 is 11.6 Å². The molecular weight excluding hydrogens is 476 g/mol. The molecule has 33 heavy (non-hydrogen) atoms. The Hall–Kier alpha value is -3.02. The molecule has 1 aliphatic rings. The Morgan fingerprint density at radius 1 is 1.15 bits per heavy atom. The van der Waals surface area contributed by atoms with Crippen molar-refractivity contribution in [1.29, 1.82) is 0 Å². The Morgan fingerprint density at radius 3 is 2.52 bits per heavy atom. The van der Waals surface area contributed by atoms with Gasteiger partial charge in [0, 0.05) is 12.1 Å². The van der Waals surface area contributed by atoms with Gasteiger partial charge in [0.15, 0.2) is 5.69 Å². The number of carbonyl (C=O) groups excluding carboxylic acids is 1. The highest BCUT2D eigenvalue weighted by Crippen LogP contribution is 2.46. The van der Waals surface area contributed by atoms with Crippen LogP contribution in [0.25, 0.3) is 0 Å². The van der Waals surface area contributed by atoms with Gasteiger partial charge in [-0.15, -0.1) is 0 Å². The van der Waals surface area contributed by atoms with Crippen LogP contribution in [0.1, 0.15) is 41.3 Å². The summed E-state index contributed by atoms with van der Waals surface area (Å²) < 4.78 is 80.3. The van der Waals surface area contributed by atoms with Crippen molar-refractivity contribution in [3.8, 4) is 0 Å². The summed E-state index contributed by atoms with van der Waals surface area (Å²) in [6, 6.07) is 4.75. The molecule has 1 saturated carbocycles. The van der Waals surface area contributed by atoms with Crippen molar-refractivity contribution in [2.24, 2.45) is 0 Å². The van der Waals surface area contributed by atoms with Gasteiger partial charge in [0.25, 0.3) is 0 Å². The number of nitrogens with zero attached hydrogens (tertiary/aromatic N) is 4. The summed E-state index contributed by atoms with van der Waals surface area (Å²) in [6.45, 7) is -0.463. The molecule has 176 valence electrons. The van der Waals surface area contributed by atoms with Crippen LogP contribution in [0.3, 0.4) is 0 Å². The molecule has 2 heterocycles. The average Bonchev–Trinajstić information content (AvgIpc) is 3.35. The predicted octanol–water partition coefficient (Wildman–Crippen LogP) is 5.34. The number of hydrogen-bond donors (Lipinski definition) is 1. The first-order valence-electron chi connectivity index (χ1n) is 9.73. The van der Waals surface area contributed by atoms with E-state index in [0.29, 0.717) is 18.4 Å². The van der Waals surface area contributed by atoms with E-state index in [-0.39, 0.29) is 23.8 Å². The van der Waals surface area contributed by atoms with Crippen LogP contribution in [0.4, 0.5) is 32.0 Å². The molecule has 2 aromatic heterocycles. The first-order chi connectivity index (χ1) is 15.4. The van der Waals surface area contributed by atoms with E-state index < -0.39 is 41.1 Å². The van der Waals surface area contributed by atoms with Crippen LogP contribution in [0.5, 0.6) is 0 Å². The number of amides is 1. The molecule has 13 heteroatoms. The number of anilines is 1. The lowest BCUT2D eigenvalue weighted by Gasteiger charge is -2.09. The summed E-state index contributed by atoms with van der Waals surface area (Å²) in [5, 5.41) is 9.50. The van der Waals surface area contributed by atoms with Crippen LogP contribution in [0.15, 0.2) is 36.7 Å². The zero-order chi connectivity index (χ0) is 24.0. The van der Waals surface area contributed by atoms with Crippen molar-refractivity contribution >= 4 is 23.2 Å². The maximum atomic E-state index is 13.1. The Labute approximate surface area is 188 Å². The average molecular weight is 492 g/mol. The normalized spacial score (nSPS) is 14.5. The highest BCUT2D eigenvalue weighted by Gasteiger charge is 2.42. The van der Waals surface area contributed by atoms with Crippen molar-refractivity contribution in [3.63, 3.8) is 0 Å². The highest BCUT2D eigenvalue weighted by atomic mass is 35.5. The number of aromatic nitrogens is 4. The number of nitrogens with one attached hydrogen (secondary N) is 1. The van der Waals surface area contributed by atoms with E-state index in [4.69, 9.17) is 11.6 Å². The Morgan fingerprint density at radius 2 is 1.88 bits per heavy atom. The van der Waals surface area contributed by atoms with Gasteiger partial charge < -0.3 is 5.32 Å². The van der Waals surface area contributed by atoms with Crippen LogP contribution in [0.2, 0.25) is 5.02 Å². The summed E-state index contributed by atoms with van der Waals surface area (Å²) in [5.74, 6) is -0.826. The van der Waals surface area contributed by atoms with Crippen LogP contribution < -0.4 is 5.32 Å². The molecule has 6 nitrogen and oxygen atoms in total. The molecule has 0 atom stereocenters. The first-order valence-corrected chi connectivity index (χ1v) is 10.1. The monoisotopic (exact) mass is 491 g/mol. The second-order valence-corrected chi connectivity index (χ2v) is 8.03. The van der Waals surface area contributed by atoms with Crippen LogP contribution in [-0.2, 0) is 30.2 Å². The van der Waals surface area contributed by atoms with E-state index in [1.165, 1.54) is 29.2 Å². The Bertz CT molecular complexity index is 1180. The lowest BCUT2D eigenvalue weighted by Crippen LogP contribution is -2.21. The molecule has 0 spiro atoms. The zero-order valence-corrected chi connectivity index (χ0v) is 17.5. The van der Waals surface area contributed by atoms with Crippen molar-refractivity contribution in [2.45, 2.75) is 44.2 Å². The Kier molecular flexibility index (Phi) is 5.89. The van der Waals surface area contributed by atoms with Gasteiger partial charge in [0.05, 0.1) is 34.7 Å². The maximum absolute atomic E-state index is 13.1. The summed E-state index contributed by atoms with van der Waals surface area (Å²) in [7, 11) is 0. The summed E-state index contributed by atoms with van der Waals surface area (Å²) in [6.07, 6.45) is -5.21. The topological polar surface area (TPSA) is 64.7 Å². The minimum atomic E-state index is -4.74. The Balaban J connectivity index is 1.44. The molecule has 0 radical (unpaired) electrons. The van der Waals surface area contributed by atoms with Crippen molar-refractivity contribution < 1.29 is 31.1 Å². The minimum absolute atomic E-state index is 0.0231. The van der Waals surface area contributed by atoms with E-state index in [9.17, 15) is 31.1 Å². The van der Waals surface area contributed by atoms with Gasteiger partial charge in [-0.1, -0.05) is 23.7 Å². The van der Waals surface area contributed by atoms with E-state index in [1.54, 1.807) is 0 Å². The molecule has 1 fully saturated rings. The van der Waals surface area contributed by atoms with Gasteiger partial charge >= 0.3 is 12.4 Å². The largest absolute Gasteiger partial charge is 0.436 e. The molecule has 0 aliphatic heterocycles. The molecule has 4 rings (SSSR count). The number of benzene rings is 1. The lowest BCUT2D eigenvalue weighted by molar-refractivity contribution is -0.141. The molecule has 0 unspecified atom stereocenters. The number of hydrogen-bond acceptors (Lipinski definition) is 3.